The lowest BCUT2D eigenvalue weighted by Gasteiger charge is -1.99. The minimum atomic E-state index is -1.08. The summed E-state index contributed by atoms with van der Waals surface area (Å²) in [5.74, 6) is -1.52. The number of carbonyl (C=O) groups is 2. The molecule has 0 aliphatic carbocycles. The third-order valence-electron chi connectivity index (χ3n) is 0.699. The van der Waals surface area contributed by atoms with Crippen LogP contribution in [0.15, 0.2) is 0 Å². The summed E-state index contributed by atoms with van der Waals surface area (Å²) < 4.78 is 0. The van der Waals surface area contributed by atoms with E-state index in [-0.39, 0.29) is 13.1 Å². The summed E-state index contributed by atoms with van der Waals surface area (Å²) in [6, 6.07) is 0. The lowest BCUT2D eigenvalue weighted by Crippen LogP contribution is -2.35. The highest BCUT2D eigenvalue weighted by Crippen LogP contribution is 1.62. The predicted molar refractivity (Wildman–Crippen MR) is 34.4 cm³/mol. The molecule has 0 saturated heterocycles. The van der Waals surface area contributed by atoms with Gasteiger partial charge >= 0.3 is 5.97 Å². The van der Waals surface area contributed by atoms with Crippen LogP contribution in [0.25, 0.3) is 0 Å². The summed E-state index contributed by atoms with van der Waals surface area (Å²) in [6.45, 7) is -0.451. The van der Waals surface area contributed by atoms with Crippen molar-refractivity contribution in [2.75, 3.05) is 13.1 Å². The molecule has 0 unspecified atom stereocenters. The van der Waals surface area contributed by atoms with Crippen molar-refractivity contribution < 1.29 is 14.7 Å². The van der Waals surface area contributed by atoms with Crippen molar-refractivity contribution in [3.63, 3.8) is 0 Å². The molecule has 6 heteroatoms. The fraction of sp³-hybridized carbons (Fsp3) is 0.500. The first-order valence-electron chi connectivity index (χ1n) is 2.58. The summed E-state index contributed by atoms with van der Waals surface area (Å²) in [7, 11) is 4.78. The summed E-state index contributed by atoms with van der Waals surface area (Å²) in [5.41, 5.74) is 0. The van der Waals surface area contributed by atoms with Crippen molar-refractivity contribution >= 4 is 19.9 Å². The number of hydrogen-bond donors (Lipinski definition) is 3. The molecular weight excluding hydrogens is 135 g/mol. The zero-order valence-corrected chi connectivity index (χ0v) is 5.26. The maximum atomic E-state index is 10.4. The minimum Gasteiger partial charge on any atom is -0.480 e. The molecule has 0 aliphatic rings. The van der Waals surface area contributed by atoms with Gasteiger partial charge in [-0.1, -0.05) is 0 Å². The van der Waals surface area contributed by atoms with E-state index in [4.69, 9.17) is 13.1 Å². The Morgan fingerprint density at radius 2 is 2.00 bits per heavy atom. The van der Waals surface area contributed by atoms with Crippen LogP contribution in [0.1, 0.15) is 0 Å². The first kappa shape index (κ1) is 8.96. The maximum Gasteiger partial charge on any atom is 0.322 e. The molecular formula is C4H7BN2O3. The summed E-state index contributed by atoms with van der Waals surface area (Å²) in [5, 5.41) is 12.3. The Morgan fingerprint density at radius 3 is 2.40 bits per heavy atom. The Kier molecular flexibility index (Phi) is 4.31. The average molecular weight is 142 g/mol. The molecule has 0 atom stereocenters. The molecule has 0 fully saturated rings. The zero-order chi connectivity index (χ0) is 7.98. The molecule has 1 amide bonds. The minimum absolute atomic E-state index is 0.0761. The first-order chi connectivity index (χ1) is 4.66. The van der Waals surface area contributed by atoms with Crippen LogP contribution in [0.4, 0.5) is 0 Å². The molecule has 0 aromatic rings. The second-order valence-corrected chi connectivity index (χ2v) is 1.55. The highest BCUT2D eigenvalue weighted by Gasteiger charge is 2.00. The molecule has 54 valence electrons. The van der Waals surface area contributed by atoms with E-state index in [9.17, 15) is 9.59 Å². The van der Waals surface area contributed by atoms with Crippen molar-refractivity contribution in [1.82, 2.24) is 10.5 Å². The average Bonchev–Trinajstić information content (AvgIpc) is 1.85. The summed E-state index contributed by atoms with van der Waals surface area (Å²) in [4.78, 5) is 20.3. The second kappa shape index (κ2) is 4.81. The predicted octanol–water partition coefficient (Wildman–Crippen LogP) is -2.14. The lowest BCUT2D eigenvalue weighted by atomic mass is 10.4. The fourth-order valence-corrected chi connectivity index (χ4v) is 0.329. The van der Waals surface area contributed by atoms with Crippen LogP contribution in [0.2, 0.25) is 0 Å². The SMILES string of the molecule is [B]NCC(=O)NCC(=O)O. The van der Waals surface area contributed by atoms with Gasteiger partial charge in [-0.3, -0.25) is 9.59 Å². The molecule has 2 radical (unpaired) electrons. The van der Waals surface area contributed by atoms with E-state index in [0.29, 0.717) is 0 Å². The largest absolute Gasteiger partial charge is 0.480 e. The van der Waals surface area contributed by atoms with Crippen LogP contribution in [0, 0.1) is 0 Å². The van der Waals surface area contributed by atoms with Gasteiger partial charge in [-0.05, 0) is 0 Å². The molecule has 0 saturated carbocycles. The standard InChI is InChI=1S/C4H7BN2O3/c5-7-1-3(8)6-2-4(9)10/h7H,1-2H2,(H,6,8)(H,9,10). The number of aliphatic carboxylic acids is 1. The van der Waals surface area contributed by atoms with E-state index < -0.39 is 11.9 Å². The fourth-order valence-electron chi connectivity index (χ4n) is 0.329. The van der Waals surface area contributed by atoms with Crippen LogP contribution in [0.3, 0.4) is 0 Å². The molecule has 0 aliphatic heterocycles. The van der Waals surface area contributed by atoms with Crippen LogP contribution in [-0.4, -0.2) is 38.1 Å². The topological polar surface area (TPSA) is 78.4 Å². The number of carboxylic acids is 1. The Labute approximate surface area is 59.2 Å². The van der Waals surface area contributed by atoms with Crippen molar-refractivity contribution in [2.24, 2.45) is 0 Å². The van der Waals surface area contributed by atoms with Gasteiger partial charge in [0, 0.05) is 0 Å². The van der Waals surface area contributed by atoms with E-state index in [1.54, 1.807) is 0 Å². The highest BCUT2D eigenvalue weighted by molar-refractivity contribution is 6.06. The second-order valence-electron chi connectivity index (χ2n) is 1.55. The van der Waals surface area contributed by atoms with Gasteiger partial charge in [0.15, 0.2) is 7.98 Å². The molecule has 0 bridgehead atoms. The van der Waals surface area contributed by atoms with E-state index in [0.717, 1.165) is 0 Å². The van der Waals surface area contributed by atoms with Crippen molar-refractivity contribution in [2.45, 2.75) is 0 Å². The first-order valence-corrected chi connectivity index (χ1v) is 2.58. The maximum absolute atomic E-state index is 10.4. The van der Waals surface area contributed by atoms with Gasteiger partial charge in [0.05, 0.1) is 6.54 Å². The van der Waals surface area contributed by atoms with E-state index in [1.807, 2.05) is 0 Å². The molecule has 0 aromatic heterocycles. The van der Waals surface area contributed by atoms with Crippen LogP contribution >= 0.6 is 0 Å². The Balaban J connectivity index is 3.30. The highest BCUT2D eigenvalue weighted by atomic mass is 16.4. The quantitative estimate of drug-likeness (QED) is 0.391. The molecule has 0 spiro atoms. The molecule has 0 rings (SSSR count). The zero-order valence-electron chi connectivity index (χ0n) is 5.26. The van der Waals surface area contributed by atoms with E-state index >= 15 is 0 Å². The van der Waals surface area contributed by atoms with E-state index in [1.165, 1.54) is 0 Å². The molecule has 0 aromatic carbocycles. The van der Waals surface area contributed by atoms with Gasteiger partial charge in [0.1, 0.15) is 6.54 Å². The smallest absolute Gasteiger partial charge is 0.322 e. The monoisotopic (exact) mass is 142 g/mol. The van der Waals surface area contributed by atoms with Gasteiger partial charge in [-0.15, -0.1) is 0 Å². The third kappa shape index (κ3) is 5.11. The number of hydrogen-bond acceptors (Lipinski definition) is 3. The number of carboxylic acid groups (broad SMARTS) is 1. The van der Waals surface area contributed by atoms with Crippen LogP contribution in [-0.2, 0) is 9.59 Å². The van der Waals surface area contributed by atoms with E-state index in [2.05, 4.69) is 10.5 Å². The third-order valence-corrected chi connectivity index (χ3v) is 0.699. The molecule has 3 N–H and O–H groups in total. The number of amides is 1. The van der Waals surface area contributed by atoms with Crippen LogP contribution in [0.5, 0.6) is 0 Å². The van der Waals surface area contributed by atoms with Gasteiger partial charge in [-0.25, -0.2) is 0 Å². The Morgan fingerprint density at radius 1 is 1.40 bits per heavy atom. The Hall–Kier alpha value is -1.04. The Bertz CT molecular complexity index is 138. The van der Waals surface area contributed by atoms with Crippen LogP contribution < -0.4 is 10.5 Å². The number of nitrogens with one attached hydrogen (secondary N) is 2. The lowest BCUT2D eigenvalue weighted by molar-refractivity contribution is -0.137. The van der Waals surface area contributed by atoms with Gasteiger partial charge in [0.2, 0.25) is 5.91 Å². The van der Waals surface area contributed by atoms with Gasteiger partial charge in [0.25, 0.3) is 0 Å². The number of rotatable bonds is 4. The van der Waals surface area contributed by atoms with Crippen molar-refractivity contribution in [3.05, 3.63) is 0 Å². The van der Waals surface area contributed by atoms with Gasteiger partial charge < -0.3 is 15.7 Å². The normalized spacial score (nSPS) is 8.80. The summed E-state index contributed by atoms with van der Waals surface area (Å²) >= 11 is 0. The van der Waals surface area contributed by atoms with Gasteiger partial charge in [-0.2, -0.15) is 0 Å². The molecule has 0 heterocycles. The number of carbonyl (C=O) groups excluding carboxylic acids is 1. The summed E-state index contributed by atoms with van der Waals surface area (Å²) in [6.07, 6.45) is 0. The van der Waals surface area contributed by atoms with Crippen molar-refractivity contribution in [1.29, 1.82) is 0 Å². The molecule has 10 heavy (non-hydrogen) atoms. The molecule has 5 nitrogen and oxygen atoms in total. The van der Waals surface area contributed by atoms with Crippen molar-refractivity contribution in [3.8, 4) is 0 Å².